The molecule has 0 unspecified atom stereocenters. The van der Waals surface area contributed by atoms with Gasteiger partial charge in [0.05, 0.1) is 12.0 Å². The maximum Gasteiger partial charge on any atom is 0.325 e. The van der Waals surface area contributed by atoms with Crippen molar-refractivity contribution in [2.45, 2.75) is 19.8 Å². The van der Waals surface area contributed by atoms with Gasteiger partial charge in [0, 0.05) is 0 Å². The largest absolute Gasteiger partial charge is 0.325 e. The summed E-state index contributed by atoms with van der Waals surface area (Å²) >= 11 is 0. The zero-order valence-corrected chi connectivity index (χ0v) is 12.6. The van der Waals surface area contributed by atoms with E-state index in [1.165, 1.54) is 0 Å². The van der Waals surface area contributed by atoms with E-state index < -0.39 is 10.1 Å². The SMILES string of the molecule is C=CC/C=C(Cc1ccccc1)\C(C)=N\OS(C)(=O)=O. The van der Waals surface area contributed by atoms with Gasteiger partial charge in [-0.1, -0.05) is 47.6 Å². The molecule has 0 radical (unpaired) electrons. The summed E-state index contributed by atoms with van der Waals surface area (Å²) < 4.78 is 26.4. The van der Waals surface area contributed by atoms with E-state index in [0.29, 0.717) is 18.6 Å². The molecule has 0 spiro atoms. The summed E-state index contributed by atoms with van der Waals surface area (Å²) in [6.07, 6.45) is 6.05. The van der Waals surface area contributed by atoms with Gasteiger partial charge >= 0.3 is 10.1 Å². The summed E-state index contributed by atoms with van der Waals surface area (Å²) in [4.78, 5) is 0. The second-order valence-electron chi connectivity index (χ2n) is 4.37. The Morgan fingerprint density at radius 3 is 2.55 bits per heavy atom. The quantitative estimate of drug-likeness (QED) is 0.441. The maximum absolute atomic E-state index is 11.0. The Bertz CT molecular complexity index is 601. The van der Waals surface area contributed by atoms with Crippen LogP contribution in [0.1, 0.15) is 18.9 Å². The molecule has 0 fully saturated rings. The van der Waals surface area contributed by atoms with Gasteiger partial charge in [-0.25, -0.2) is 0 Å². The monoisotopic (exact) mass is 293 g/mol. The molecule has 1 aromatic rings. The van der Waals surface area contributed by atoms with E-state index in [2.05, 4.69) is 16.0 Å². The molecule has 1 aromatic carbocycles. The third-order valence-electron chi connectivity index (χ3n) is 2.54. The van der Waals surface area contributed by atoms with Gasteiger partial charge in [0.25, 0.3) is 0 Å². The number of hydrogen-bond donors (Lipinski definition) is 0. The molecular weight excluding hydrogens is 274 g/mol. The van der Waals surface area contributed by atoms with Gasteiger partial charge in [-0.15, -0.1) is 6.58 Å². The number of oxime groups is 1. The van der Waals surface area contributed by atoms with Crippen LogP contribution in [0, 0.1) is 0 Å². The molecule has 0 aliphatic carbocycles. The van der Waals surface area contributed by atoms with Crippen molar-refractivity contribution in [2.75, 3.05) is 6.26 Å². The van der Waals surface area contributed by atoms with E-state index >= 15 is 0 Å². The number of allylic oxidation sites excluding steroid dienone is 3. The van der Waals surface area contributed by atoms with Crippen molar-refractivity contribution in [3.63, 3.8) is 0 Å². The van der Waals surface area contributed by atoms with Crippen molar-refractivity contribution < 1.29 is 12.7 Å². The van der Waals surface area contributed by atoms with Crippen molar-refractivity contribution in [3.05, 3.63) is 60.2 Å². The van der Waals surface area contributed by atoms with E-state index in [1.807, 2.05) is 36.4 Å². The van der Waals surface area contributed by atoms with Crippen LogP contribution in [0.3, 0.4) is 0 Å². The van der Waals surface area contributed by atoms with Gasteiger partial charge in [-0.3, -0.25) is 4.28 Å². The first-order valence-electron chi connectivity index (χ1n) is 6.20. The lowest BCUT2D eigenvalue weighted by Crippen LogP contribution is -2.05. The van der Waals surface area contributed by atoms with Crippen LogP contribution in [-0.2, 0) is 20.8 Å². The topological polar surface area (TPSA) is 55.7 Å². The van der Waals surface area contributed by atoms with E-state index in [1.54, 1.807) is 13.0 Å². The highest BCUT2D eigenvalue weighted by atomic mass is 32.2. The maximum atomic E-state index is 11.0. The van der Waals surface area contributed by atoms with Crippen molar-refractivity contribution in [1.82, 2.24) is 0 Å². The molecule has 0 aromatic heterocycles. The molecule has 5 heteroatoms. The normalized spacial score (nSPS) is 13.1. The van der Waals surface area contributed by atoms with Crippen molar-refractivity contribution >= 4 is 15.8 Å². The van der Waals surface area contributed by atoms with Gasteiger partial charge in [0.2, 0.25) is 0 Å². The second kappa shape index (κ2) is 7.65. The summed E-state index contributed by atoms with van der Waals surface area (Å²) in [5.74, 6) is 0. The average molecular weight is 293 g/mol. The van der Waals surface area contributed by atoms with Crippen molar-refractivity contribution in [1.29, 1.82) is 0 Å². The molecule has 108 valence electrons. The fraction of sp³-hybridized carbons (Fsp3) is 0.267. The summed E-state index contributed by atoms with van der Waals surface area (Å²) in [5.41, 5.74) is 2.58. The summed E-state index contributed by atoms with van der Waals surface area (Å²) in [6, 6.07) is 9.88. The van der Waals surface area contributed by atoms with Crippen LogP contribution in [0.5, 0.6) is 0 Å². The summed E-state index contributed by atoms with van der Waals surface area (Å²) in [7, 11) is -3.58. The fourth-order valence-corrected chi connectivity index (χ4v) is 1.82. The Balaban J connectivity index is 2.92. The molecule has 1 rings (SSSR count). The molecule has 0 aliphatic heterocycles. The number of rotatable bonds is 7. The molecule has 0 heterocycles. The molecule has 0 saturated heterocycles. The van der Waals surface area contributed by atoms with Crippen LogP contribution in [0.2, 0.25) is 0 Å². The van der Waals surface area contributed by atoms with Crippen LogP contribution >= 0.6 is 0 Å². The molecule has 0 bridgehead atoms. The predicted octanol–water partition coefficient (Wildman–Crippen LogP) is 3.08. The van der Waals surface area contributed by atoms with E-state index in [9.17, 15) is 8.42 Å². The minimum Gasteiger partial charge on any atom is -0.268 e. The lowest BCUT2D eigenvalue weighted by Gasteiger charge is -2.07. The van der Waals surface area contributed by atoms with Gasteiger partial charge in [0.1, 0.15) is 0 Å². The molecule has 0 atom stereocenters. The summed E-state index contributed by atoms with van der Waals surface area (Å²) in [5, 5.41) is 3.67. The Labute approximate surface area is 120 Å². The van der Waals surface area contributed by atoms with E-state index in [4.69, 9.17) is 0 Å². The van der Waals surface area contributed by atoms with Crippen LogP contribution in [-0.4, -0.2) is 20.4 Å². The standard InChI is InChI=1S/C15H19NO3S/c1-4-5-11-15(12-14-9-7-6-8-10-14)13(2)16-19-20(3,17)18/h4,6-11H,1,5,12H2,2-3H3/b15-11-,16-13+. The Hall–Kier alpha value is -1.88. The highest BCUT2D eigenvalue weighted by molar-refractivity contribution is 7.85. The first-order valence-corrected chi connectivity index (χ1v) is 8.01. The second-order valence-corrected chi connectivity index (χ2v) is 5.93. The lowest BCUT2D eigenvalue weighted by molar-refractivity contribution is 0.343. The van der Waals surface area contributed by atoms with Gasteiger partial charge in [-0.2, -0.15) is 8.42 Å². The molecule has 20 heavy (non-hydrogen) atoms. The highest BCUT2D eigenvalue weighted by Gasteiger charge is 2.06. The number of benzene rings is 1. The third-order valence-corrected chi connectivity index (χ3v) is 2.89. The van der Waals surface area contributed by atoms with Crippen LogP contribution < -0.4 is 0 Å². The van der Waals surface area contributed by atoms with Crippen LogP contribution in [0.25, 0.3) is 0 Å². The smallest absolute Gasteiger partial charge is 0.268 e. The van der Waals surface area contributed by atoms with E-state index in [-0.39, 0.29) is 0 Å². The Morgan fingerprint density at radius 2 is 2.00 bits per heavy atom. The minimum absolute atomic E-state index is 0.543. The first kappa shape index (κ1) is 16.2. The predicted molar refractivity (Wildman–Crippen MR) is 82.1 cm³/mol. The molecular formula is C15H19NO3S. The summed E-state index contributed by atoms with van der Waals surface area (Å²) in [6.45, 7) is 5.40. The van der Waals surface area contributed by atoms with Gasteiger partial charge in [-0.05, 0) is 30.9 Å². The number of nitrogens with zero attached hydrogens (tertiary/aromatic N) is 1. The molecule has 0 aliphatic rings. The molecule has 0 amide bonds. The van der Waals surface area contributed by atoms with Crippen molar-refractivity contribution in [3.8, 4) is 0 Å². The Morgan fingerprint density at radius 1 is 1.35 bits per heavy atom. The zero-order valence-electron chi connectivity index (χ0n) is 11.7. The average Bonchev–Trinajstić information content (AvgIpc) is 2.41. The van der Waals surface area contributed by atoms with E-state index in [0.717, 1.165) is 17.4 Å². The minimum atomic E-state index is -3.58. The first-order chi connectivity index (χ1) is 9.42. The molecule has 0 N–H and O–H groups in total. The number of hydrogen-bond acceptors (Lipinski definition) is 4. The van der Waals surface area contributed by atoms with Crippen LogP contribution in [0.15, 0.2) is 59.8 Å². The Kier molecular flexibility index (Phi) is 6.18. The lowest BCUT2D eigenvalue weighted by atomic mass is 10.0. The fourth-order valence-electron chi connectivity index (χ4n) is 1.57. The highest BCUT2D eigenvalue weighted by Crippen LogP contribution is 2.11. The van der Waals surface area contributed by atoms with Crippen LogP contribution in [0.4, 0.5) is 0 Å². The third kappa shape index (κ3) is 6.33. The molecule has 4 nitrogen and oxygen atoms in total. The van der Waals surface area contributed by atoms with Gasteiger partial charge < -0.3 is 0 Å². The van der Waals surface area contributed by atoms with Crippen molar-refractivity contribution in [2.24, 2.45) is 5.16 Å². The molecule has 0 saturated carbocycles. The zero-order chi connectivity index (χ0) is 15.0. The van der Waals surface area contributed by atoms with Gasteiger partial charge in [0.15, 0.2) is 0 Å².